The van der Waals surface area contributed by atoms with Gasteiger partial charge in [0.15, 0.2) is 0 Å². The van der Waals surface area contributed by atoms with E-state index < -0.39 is 23.0 Å². The van der Waals surface area contributed by atoms with Gasteiger partial charge in [-0.05, 0) is 36.0 Å². The Morgan fingerprint density at radius 3 is 2.00 bits per heavy atom. The third kappa shape index (κ3) is 2.13. The van der Waals surface area contributed by atoms with Crippen LogP contribution in [0.4, 0.5) is 8.78 Å². The molecule has 0 amide bonds. The maximum absolute atomic E-state index is 13.3. The first-order valence-electron chi connectivity index (χ1n) is 6.57. The highest BCUT2D eigenvalue weighted by Crippen LogP contribution is 2.59. The quantitative estimate of drug-likeness (QED) is 0.899. The first kappa shape index (κ1) is 14.0. The minimum absolute atomic E-state index is 0.0127. The Morgan fingerprint density at radius 1 is 1.16 bits per heavy atom. The molecule has 1 aromatic carbocycles. The molecule has 0 unspecified atom stereocenters. The second kappa shape index (κ2) is 4.58. The summed E-state index contributed by atoms with van der Waals surface area (Å²) in [5.74, 6) is -2.43. The largest absolute Gasteiger partial charge is 0.481 e. The Labute approximate surface area is 111 Å². The number of halogens is 2. The number of aliphatic carboxylic acids is 1. The fourth-order valence-electron chi connectivity index (χ4n) is 3.29. The summed E-state index contributed by atoms with van der Waals surface area (Å²) in [5, 5.41) is 9.50. The van der Waals surface area contributed by atoms with Gasteiger partial charge in [-0.2, -0.15) is 0 Å². The van der Waals surface area contributed by atoms with Crippen molar-refractivity contribution in [2.45, 2.75) is 44.9 Å². The fraction of sp³-hybridized carbons (Fsp3) is 0.533. The molecule has 1 N–H and O–H groups in total. The molecule has 2 nitrogen and oxygen atoms in total. The number of rotatable bonds is 4. The predicted octanol–water partition coefficient (Wildman–Crippen LogP) is 3.89. The van der Waals surface area contributed by atoms with Crippen LogP contribution >= 0.6 is 0 Å². The van der Waals surface area contributed by atoms with Crippen LogP contribution in [0.3, 0.4) is 0 Å². The van der Waals surface area contributed by atoms with Crippen molar-refractivity contribution in [3.63, 3.8) is 0 Å². The lowest BCUT2D eigenvalue weighted by molar-refractivity contribution is -0.155. The molecule has 0 bridgehead atoms. The number of hydrogen-bond acceptors (Lipinski definition) is 1. The van der Waals surface area contributed by atoms with E-state index in [0.717, 1.165) is 31.0 Å². The summed E-state index contributed by atoms with van der Waals surface area (Å²) in [6, 6.07) is 3.06. The lowest BCUT2D eigenvalue weighted by Crippen LogP contribution is -2.54. The van der Waals surface area contributed by atoms with E-state index in [1.165, 1.54) is 0 Å². The smallest absolute Gasteiger partial charge is 0.314 e. The second-order valence-electron chi connectivity index (χ2n) is 5.61. The molecule has 4 heteroatoms. The zero-order chi connectivity index (χ0) is 14.3. The number of carbonyl (C=O) groups is 1. The van der Waals surface area contributed by atoms with Crippen LogP contribution in [0.2, 0.25) is 0 Å². The molecule has 0 aliphatic heterocycles. The van der Waals surface area contributed by atoms with Crippen molar-refractivity contribution >= 4 is 5.97 Å². The van der Waals surface area contributed by atoms with Crippen molar-refractivity contribution in [2.75, 3.05) is 0 Å². The molecule has 1 fully saturated rings. The monoisotopic (exact) mass is 268 g/mol. The highest BCUT2D eigenvalue weighted by atomic mass is 19.1. The molecule has 104 valence electrons. The Morgan fingerprint density at radius 2 is 1.63 bits per heavy atom. The Hall–Kier alpha value is -1.45. The van der Waals surface area contributed by atoms with Gasteiger partial charge in [-0.25, -0.2) is 8.78 Å². The van der Waals surface area contributed by atoms with Crippen LogP contribution in [0.25, 0.3) is 0 Å². The normalized spacial score (nSPS) is 19.8. The zero-order valence-corrected chi connectivity index (χ0v) is 11.2. The van der Waals surface area contributed by atoms with Crippen LogP contribution in [0.1, 0.15) is 45.1 Å². The van der Waals surface area contributed by atoms with Crippen molar-refractivity contribution in [3.8, 4) is 0 Å². The van der Waals surface area contributed by atoms with Gasteiger partial charge >= 0.3 is 5.97 Å². The van der Waals surface area contributed by atoms with Crippen molar-refractivity contribution in [1.29, 1.82) is 0 Å². The van der Waals surface area contributed by atoms with E-state index in [0.29, 0.717) is 12.8 Å². The topological polar surface area (TPSA) is 37.3 Å². The number of benzene rings is 1. The third-order valence-electron chi connectivity index (χ3n) is 4.68. The average molecular weight is 268 g/mol. The van der Waals surface area contributed by atoms with Crippen LogP contribution in [-0.4, -0.2) is 11.1 Å². The molecule has 1 aliphatic carbocycles. The van der Waals surface area contributed by atoms with Gasteiger partial charge in [-0.15, -0.1) is 0 Å². The second-order valence-corrected chi connectivity index (χ2v) is 5.61. The lowest BCUT2D eigenvalue weighted by atomic mass is 9.48. The van der Waals surface area contributed by atoms with E-state index in [4.69, 9.17) is 0 Å². The van der Waals surface area contributed by atoms with E-state index in [9.17, 15) is 18.7 Å². The van der Waals surface area contributed by atoms with Gasteiger partial charge < -0.3 is 5.11 Å². The molecule has 0 atom stereocenters. The van der Waals surface area contributed by atoms with E-state index >= 15 is 0 Å². The molecule has 0 heterocycles. The molecule has 0 spiro atoms. The summed E-state index contributed by atoms with van der Waals surface area (Å²) < 4.78 is 26.6. The van der Waals surface area contributed by atoms with E-state index in [1.54, 1.807) is 0 Å². The third-order valence-corrected chi connectivity index (χ3v) is 4.68. The molecular weight excluding hydrogens is 250 g/mol. The predicted molar refractivity (Wildman–Crippen MR) is 67.9 cm³/mol. The van der Waals surface area contributed by atoms with Gasteiger partial charge in [0, 0.05) is 6.07 Å². The van der Waals surface area contributed by atoms with Crippen molar-refractivity contribution < 1.29 is 18.7 Å². The van der Waals surface area contributed by atoms with Crippen LogP contribution in [0.5, 0.6) is 0 Å². The van der Waals surface area contributed by atoms with Crippen LogP contribution in [-0.2, 0) is 10.2 Å². The van der Waals surface area contributed by atoms with Gasteiger partial charge in [0.1, 0.15) is 11.6 Å². The van der Waals surface area contributed by atoms with Gasteiger partial charge in [0.2, 0.25) is 0 Å². The van der Waals surface area contributed by atoms with Crippen LogP contribution < -0.4 is 0 Å². The highest BCUT2D eigenvalue weighted by Gasteiger charge is 2.58. The Balaban J connectivity index is 2.41. The highest BCUT2D eigenvalue weighted by molar-refractivity contribution is 5.83. The van der Waals surface area contributed by atoms with Crippen LogP contribution in [0, 0.1) is 17.0 Å². The van der Waals surface area contributed by atoms with E-state index in [-0.39, 0.29) is 11.0 Å². The first-order chi connectivity index (χ1) is 8.87. The summed E-state index contributed by atoms with van der Waals surface area (Å²) >= 11 is 0. The summed E-state index contributed by atoms with van der Waals surface area (Å²) in [5.41, 5.74) is -0.897. The lowest BCUT2D eigenvalue weighted by Gasteiger charge is -2.54. The van der Waals surface area contributed by atoms with Crippen molar-refractivity contribution in [1.82, 2.24) is 0 Å². The molecule has 1 aliphatic rings. The maximum atomic E-state index is 13.3. The molecule has 1 aromatic rings. The van der Waals surface area contributed by atoms with Gasteiger partial charge in [0.25, 0.3) is 0 Å². The summed E-state index contributed by atoms with van der Waals surface area (Å²) in [6.45, 7) is 4.06. The van der Waals surface area contributed by atoms with E-state index in [1.807, 2.05) is 13.8 Å². The van der Waals surface area contributed by atoms with Gasteiger partial charge in [-0.3, -0.25) is 4.79 Å². The first-order valence-corrected chi connectivity index (χ1v) is 6.57. The van der Waals surface area contributed by atoms with Gasteiger partial charge in [-0.1, -0.05) is 26.7 Å². The van der Waals surface area contributed by atoms with Gasteiger partial charge in [0.05, 0.1) is 5.41 Å². The zero-order valence-electron chi connectivity index (χ0n) is 11.2. The molecule has 1 saturated carbocycles. The average Bonchev–Trinajstić information content (AvgIpc) is 2.27. The van der Waals surface area contributed by atoms with Crippen molar-refractivity contribution in [2.24, 2.45) is 5.41 Å². The molecule has 2 rings (SSSR count). The Bertz CT molecular complexity index is 479. The van der Waals surface area contributed by atoms with Crippen LogP contribution in [0.15, 0.2) is 18.2 Å². The van der Waals surface area contributed by atoms with Crippen molar-refractivity contribution in [3.05, 3.63) is 35.4 Å². The number of hydrogen-bond donors (Lipinski definition) is 1. The fourth-order valence-corrected chi connectivity index (χ4v) is 3.29. The summed E-state index contributed by atoms with van der Waals surface area (Å²) in [7, 11) is 0. The minimum Gasteiger partial charge on any atom is -0.481 e. The molecular formula is C15H18F2O2. The maximum Gasteiger partial charge on any atom is 0.314 e. The van der Waals surface area contributed by atoms with E-state index in [2.05, 4.69) is 0 Å². The summed E-state index contributed by atoms with van der Waals surface area (Å²) in [4.78, 5) is 11.6. The summed E-state index contributed by atoms with van der Waals surface area (Å²) in [6.07, 6.45) is 2.67. The Kier molecular flexibility index (Phi) is 3.37. The SMILES string of the molecule is CCC1(CC)CC(C(=O)O)(c2cc(F)cc(F)c2)C1. The standard InChI is InChI=1S/C15H18F2O2/c1-3-14(4-2)8-15(9-14,13(18)19)10-5-11(16)7-12(17)6-10/h5-7H,3-4,8-9H2,1-2H3,(H,18,19). The molecule has 0 saturated heterocycles. The molecule has 19 heavy (non-hydrogen) atoms. The number of carboxylic acid groups (broad SMARTS) is 1. The molecule has 0 aromatic heterocycles. The number of carboxylic acids is 1. The molecule has 0 radical (unpaired) electrons. The minimum atomic E-state index is -1.13.